The van der Waals surface area contributed by atoms with Crippen LogP contribution in [0.2, 0.25) is 0 Å². The molecule has 0 bridgehead atoms. The molecule has 0 saturated heterocycles. The van der Waals surface area contributed by atoms with Crippen LogP contribution in [0.1, 0.15) is 284 Å². The average molecular weight is 1000 g/mol. The van der Waals surface area contributed by atoms with Crippen LogP contribution in [0.4, 0.5) is 0 Å². The van der Waals surface area contributed by atoms with E-state index < -0.39 is 6.10 Å². The van der Waals surface area contributed by atoms with Gasteiger partial charge in [-0.05, 0) is 116 Å². The number of esters is 3. The lowest BCUT2D eigenvalue weighted by atomic mass is 10.1. The zero-order valence-corrected chi connectivity index (χ0v) is 47.2. The number of carbonyl (C=O) groups excluding carboxylic acids is 3. The topological polar surface area (TPSA) is 78.9 Å². The van der Waals surface area contributed by atoms with Crippen molar-refractivity contribution < 1.29 is 28.6 Å². The maximum Gasteiger partial charge on any atom is 0.306 e. The molecule has 0 aromatic rings. The molecule has 0 rings (SSSR count). The molecule has 0 spiro atoms. The van der Waals surface area contributed by atoms with Crippen molar-refractivity contribution in [3.63, 3.8) is 0 Å². The van der Waals surface area contributed by atoms with E-state index in [0.717, 1.165) is 128 Å². The molecule has 0 aliphatic heterocycles. The molecule has 1 atom stereocenters. The second-order valence-corrected chi connectivity index (χ2v) is 19.9. The lowest BCUT2D eigenvalue weighted by molar-refractivity contribution is -0.167. The highest BCUT2D eigenvalue weighted by Crippen LogP contribution is 2.15. The van der Waals surface area contributed by atoms with Gasteiger partial charge in [0.05, 0.1) is 0 Å². The maximum absolute atomic E-state index is 12.9. The highest BCUT2D eigenvalue weighted by Gasteiger charge is 2.19. The quantitative estimate of drug-likeness (QED) is 0.0261. The summed E-state index contributed by atoms with van der Waals surface area (Å²) >= 11 is 0. The third-order valence-corrected chi connectivity index (χ3v) is 12.8. The lowest BCUT2D eigenvalue weighted by Gasteiger charge is -2.18. The van der Waals surface area contributed by atoms with Gasteiger partial charge in [0.25, 0.3) is 0 Å². The van der Waals surface area contributed by atoms with Crippen molar-refractivity contribution in [1.82, 2.24) is 0 Å². The van der Waals surface area contributed by atoms with E-state index in [0.29, 0.717) is 19.3 Å². The van der Waals surface area contributed by atoms with Gasteiger partial charge in [-0.1, -0.05) is 246 Å². The number of rotatable bonds is 54. The fraction of sp³-hybridized carbons (Fsp3) is 0.712. The van der Waals surface area contributed by atoms with E-state index in [1.807, 2.05) is 0 Å². The van der Waals surface area contributed by atoms with Crippen LogP contribution < -0.4 is 0 Å². The molecule has 0 aromatic carbocycles. The molecule has 0 aliphatic rings. The fourth-order valence-corrected chi connectivity index (χ4v) is 8.25. The minimum absolute atomic E-state index is 0.0905. The summed E-state index contributed by atoms with van der Waals surface area (Å²) in [5, 5.41) is 0. The molecular weight excluding hydrogens is 889 g/mol. The minimum Gasteiger partial charge on any atom is -0.462 e. The van der Waals surface area contributed by atoms with E-state index in [-0.39, 0.29) is 31.1 Å². The third kappa shape index (κ3) is 57.2. The van der Waals surface area contributed by atoms with Crippen molar-refractivity contribution >= 4 is 17.9 Å². The summed E-state index contributed by atoms with van der Waals surface area (Å²) in [5.74, 6) is -0.916. The second kappa shape index (κ2) is 59.9. The Morgan fingerprint density at radius 3 is 0.889 bits per heavy atom. The predicted octanol–water partition coefficient (Wildman–Crippen LogP) is 20.5. The summed E-state index contributed by atoms with van der Waals surface area (Å²) in [6.45, 7) is 6.46. The molecule has 0 heterocycles. The smallest absolute Gasteiger partial charge is 0.306 e. The Morgan fingerprint density at radius 1 is 0.292 bits per heavy atom. The Morgan fingerprint density at radius 2 is 0.556 bits per heavy atom. The number of hydrogen-bond acceptors (Lipinski definition) is 6. The molecule has 0 aliphatic carbocycles. The van der Waals surface area contributed by atoms with E-state index in [2.05, 4.69) is 118 Å². The first-order valence-electron chi connectivity index (χ1n) is 30.2. The van der Waals surface area contributed by atoms with Gasteiger partial charge in [-0.25, -0.2) is 0 Å². The molecule has 1 unspecified atom stereocenters. The zero-order chi connectivity index (χ0) is 52.2. The highest BCUT2D eigenvalue weighted by molar-refractivity contribution is 5.71. The van der Waals surface area contributed by atoms with E-state index in [1.165, 1.54) is 116 Å². The van der Waals surface area contributed by atoms with Gasteiger partial charge in [-0.3, -0.25) is 14.4 Å². The first-order valence-corrected chi connectivity index (χ1v) is 30.2. The van der Waals surface area contributed by atoms with Crippen LogP contribution in [-0.4, -0.2) is 37.2 Å². The molecule has 6 heteroatoms. The number of allylic oxidation sites excluding steroid dienone is 16. The van der Waals surface area contributed by atoms with Crippen LogP contribution >= 0.6 is 0 Å². The van der Waals surface area contributed by atoms with Gasteiger partial charge in [0, 0.05) is 19.3 Å². The van der Waals surface area contributed by atoms with Gasteiger partial charge in [-0.2, -0.15) is 0 Å². The van der Waals surface area contributed by atoms with Crippen molar-refractivity contribution in [2.24, 2.45) is 0 Å². The van der Waals surface area contributed by atoms with Gasteiger partial charge >= 0.3 is 17.9 Å². The molecule has 0 amide bonds. The Hall–Kier alpha value is -3.67. The molecule has 0 aromatic heterocycles. The molecule has 0 fully saturated rings. The van der Waals surface area contributed by atoms with Crippen molar-refractivity contribution in [2.45, 2.75) is 290 Å². The average Bonchev–Trinajstić information content (AvgIpc) is 3.38. The number of carbonyl (C=O) groups is 3. The lowest BCUT2D eigenvalue weighted by Crippen LogP contribution is -2.30. The Labute approximate surface area is 445 Å². The third-order valence-electron chi connectivity index (χ3n) is 12.8. The van der Waals surface area contributed by atoms with Crippen molar-refractivity contribution in [2.75, 3.05) is 13.2 Å². The van der Waals surface area contributed by atoms with E-state index in [4.69, 9.17) is 14.2 Å². The summed E-state index contributed by atoms with van der Waals surface area (Å²) in [6, 6.07) is 0. The van der Waals surface area contributed by atoms with Gasteiger partial charge in [-0.15, -0.1) is 0 Å². The van der Waals surface area contributed by atoms with E-state index >= 15 is 0 Å². The van der Waals surface area contributed by atoms with Crippen LogP contribution in [-0.2, 0) is 28.6 Å². The summed E-state index contributed by atoms with van der Waals surface area (Å²) in [6.07, 6.45) is 79.7. The van der Waals surface area contributed by atoms with Gasteiger partial charge in [0.15, 0.2) is 6.10 Å². The molecule has 6 nitrogen and oxygen atoms in total. The second-order valence-electron chi connectivity index (χ2n) is 19.9. The number of unbranched alkanes of at least 4 members (excludes halogenated alkanes) is 27. The molecule has 412 valence electrons. The zero-order valence-electron chi connectivity index (χ0n) is 47.2. The van der Waals surface area contributed by atoms with Crippen molar-refractivity contribution in [1.29, 1.82) is 0 Å². The molecule has 0 N–H and O–H groups in total. The van der Waals surface area contributed by atoms with Crippen molar-refractivity contribution in [3.8, 4) is 0 Å². The first kappa shape index (κ1) is 68.3. The van der Waals surface area contributed by atoms with Crippen LogP contribution in [0.25, 0.3) is 0 Å². The largest absolute Gasteiger partial charge is 0.462 e. The normalized spacial score (nSPS) is 12.8. The Balaban J connectivity index is 4.39. The van der Waals surface area contributed by atoms with Crippen molar-refractivity contribution in [3.05, 3.63) is 97.2 Å². The van der Waals surface area contributed by atoms with Crippen LogP contribution in [0.3, 0.4) is 0 Å². The molecule has 0 saturated carbocycles. The van der Waals surface area contributed by atoms with Crippen LogP contribution in [0.5, 0.6) is 0 Å². The van der Waals surface area contributed by atoms with Gasteiger partial charge in [0.1, 0.15) is 13.2 Å². The molecular formula is C66H112O6. The molecule has 72 heavy (non-hydrogen) atoms. The fourth-order valence-electron chi connectivity index (χ4n) is 8.25. The summed E-state index contributed by atoms with van der Waals surface area (Å²) in [4.78, 5) is 38.2. The maximum atomic E-state index is 12.9. The predicted molar refractivity (Wildman–Crippen MR) is 311 cm³/mol. The Kier molecular flexibility index (Phi) is 56.8. The number of ether oxygens (including phenoxy) is 3. The van der Waals surface area contributed by atoms with Crippen LogP contribution in [0.15, 0.2) is 97.2 Å². The van der Waals surface area contributed by atoms with E-state index in [1.54, 1.807) is 0 Å². The number of hydrogen-bond donors (Lipinski definition) is 0. The van der Waals surface area contributed by atoms with Gasteiger partial charge < -0.3 is 14.2 Å². The summed E-state index contributed by atoms with van der Waals surface area (Å²) < 4.78 is 16.9. The SMILES string of the molecule is CC/C=C\C/C=C\C/C=C\CCCCCCCCCC(=O)OC(COC(=O)CCCCCCC/C=C\C/C=C\CCCC)COC(=O)CCCCCCCCCC/C=C\C/C=C\C/C=C\CCCCCCC. The van der Waals surface area contributed by atoms with E-state index in [9.17, 15) is 14.4 Å². The molecule has 0 radical (unpaired) electrons. The standard InChI is InChI=1S/C66H112O6/c1-4-7-10-13-16-19-22-25-28-30-31-32-33-34-35-37-38-41-44-47-50-53-56-59-65(68)71-62-63(61-70-64(67)58-55-52-49-46-43-40-27-24-21-18-15-12-9-6-3)72-66(69)60-57-54-51-48-45-42-39-36-29-26-23-20-17-14-11-8-5-2/h8,11,15,17-18,20,22,24-27,29-31,33-34,63H,4-7,9-10,12-14,16,19,21,23,28,32,35-62H2,1-3H3/b11-8-,18-15-,20-17-,25-22-,27-24-,29-26-,31-30-,34-33-. The van der Waals surface area contributed by atoms with Crippen LogP contribution in [0, 0.1) is 0 Å². The summed E-state index contributed by atoms with van der Waals surface area (Å²) in [7, 11) is 0. The first-order chi connectivity index (χ1) is 35.5. The minimum atomic E-state index is -0.794. The monoisotopic (exact) mass is 1000 g/mol. The van der Waals surface area contributed by atoms with Gasteiger partial charge in [0.2, 0.25) is 0 Å². The highest BCUT2D eigenvalue weighted by atomic mass is 16.6. The summed E-state index contributed by atoms with van der Waals surface area (Å²) in [5.41, 5.74) is 0. The Bertz CT molecular complexity index is 1430.